The fourth-order valence-corrected chi connectivity index (χ4v) is 2.89. The maximum atomic E-state index is 13.4. The van der Waals surface area contributed by atoms with E-state index in [0.717, 1.165) is 29.9 Å². The summed E-state index contributed by atoms with van der Waals surface area (Å²) in [6.07, 6.45) is 5.65. The first-order valence-electron chi connectivity index (χ1n) is 7.53. The Bertz CT molecular complexity index is 667. The van der Waals surface area contributed by atoms with E-state index in [2.05, 4.69) is 10.3 Å². The van der Waals surface area contributed by atoms with Crippen LogP contribution < -0.4 is 5.32 Å². The van der Waals surface area contributed by atoms with Crippen molar-refractivity contribution in [2.75, 3.05) is 12.4 Å². The minimum absolute atomic E-state index is 0.192. The number of hydrogen-bond donors (Lipinski definition) is 1. The van der Waals surface area contributed by atoms with Crippen molar-refractivity contribution in [3.05, 3.63) is 40.8 Å². The van der Waals surface area contributed by atoms with Gasteiger partial charge in [0.2, 0.25) is 0 Å². The monoisotopic (exact) mass is 285 g/mol. The summed E-state index contributed by atoms with van der Waals surface area (Å²) in [5.41, 5.74) is 3.89. The van der Waals surface area contributed by atoms with Crippen LogP contribution in [0.15, 0.2) is 18.2 Å². The van der Waals surface area contributed by atoms with E-state index in [-0.39, 0.29) is 5.82 Å². The van der Waals surface area contributed by atoms with Crippen molar-refractivity contribution in [1.29, 1.82) is 0 Å². The molecule has 21 heavy (non-hydrogen) atoms. The minimum atomic E-state index is -0.192. The van der Waals surface area contributed by atoms with Crippen LogP contribution in [0.5, 0.6) is 0 Å². The van der Waals surface area contributed by atoms with Crippen molar-refractivity contribution in [2.24, 2.45) is 0 Å². The largest absolute Gasteiger partial charge is 0.373 e. The second-order valence-corrected chi connectivity index (χ2v) is 5.60. The molecule has 110 valence electrons. The van der Waals surface area contributed by atoms with E-state index < -0.39 is 0 Å². The average molecular weight is 285 g/mol. The summed E-state index contributed by atoms with van der Waals surface area (Å²) in [6, 6.07) is 5.05. The molecular weight excluding hydrogens is 265 g/mol. The van der Waals surface area contributed by atoms with Gasteiger partial charge >= 0.3 is 0 Å². The van der Waals surface area contributed by atoms with Gasteiger partial charge < -0.3 is 5.32 Å². The summed E-state index contributed by atoms with van der Waals surface area (Å²) in [5, 5.41) is 3.19. The molecule has 0 bridgehead atoms. The second-order valence-electron chi connectivity index (χ2n) is 5.60. The normalized spacial score (nSPS) is 14.4. The van der Waals surface area contributed by atoms with Crippen molar-refractivity contribution < 1.29 is 4.39 Å². The van der Waals surface area contributed by atoms with E-state index in [1.165, 1.54) is 30.9 Å². The average Bonchev–Trinajstić information content (AvgIpc) is 2.74. The summed E-state index contributed by atoms with van der Waals surface area (Å²) >= 11 is 0. The topological polar surface area (TPSA) is 37.8 Å². The molecule has 1 aliphatic rings. The van der Waals surface area contributed by atoms with E-state index in [4.69, 9.17) is 4.98 Å². The highest BCUT2D eigenvalue weighted by atomic mass is 19.1. The summed E-state index contributed by atoms with van der Waals surface area (Å²) in [5.74, 6) is 1.41. The molecule has 0 unspecified atom stereocenters. The Morgan fingerprint density at radius 2 is 1.90 bits per heavy atom. The molecule has 1 aliphatic carbocycles. The van der Waals surface area contributed by atoms with Gasteiger partial charge in [-0.3, -0.25) is 0 Å². The predicted octanol–water partition coefficient (Wildman–Crippen LogP) is 3.90. The highest BCUT2D eigenvalue weighted by Gasteiger charge is 2.17. The fraction of sp³-hybridized carbons (Fsp3) is 0.412. The van der Waals surface area contributed by atoms with Crippen molar-refractivity contribution in [1.82, 2.24) is 9.97 Å². The van der Waals surface area contributed by atoms with E-state index in [0.29, 0.717) is 11.4 Å². The first-order valence-corrected chi connectivity index (χ1v) is 7.53. The molecule has 1 heterocycles. The lowest BCUT2D eigenvalue weighted by Gasteiger charge is -2.13. The zero-order valence-electron chi connectivity index (χ0n) is 12.5. The van der Waals surface area contributed by atoms with Crippen LogP contribution in [0.25, 0.3) is 11.4 Å². The molecule has 0 amide bonds. The fourth-order valence-electron chi connectivity index (χ4n) is 2.89. The van der Waals surface area contributed by atoms with Crippen molar-refractivity contribution in [3.63, 3.8) is 0 Å². The van der Waals surface area contributed by atoms with Gasteiger partial charge in [-0.2, -0.15) is 0 Å². The van der Waals surface area contributed by atoms with Gasteiger partial charge in [0.1, 0.15) is 11.6 Å². The van der Waals surface area contributed by atoms with Gasteiger partial charge in [-0.25, -0.2) is 14.4 Å². The maximum absolute atomic E-state index is 13.4. The smallest absolute Gasteiger partial charge is 0.161 e. The van der Waals surface area contributed by atoms with E-state index in [9.17, 15) is 4.39 Å². The molecule has 3 rings (SSSR count). The third-order valence-corrected chi connectivity index (χ3v) is 4.09. The number of nitrogens with zero attached hydrogens (tertiary/aromatic N) is 2. The van der Waals surface area contributed by atoms with Crippen LogP contribution in [-0.2, 0) is 12.8 Å². The lowest BCUT2D eigenvalue weighted by Crippen LogP contribution is -2.07. The second kappa shape index (κ2) is 5.80. The summed E-state index contributed by atoms with van der Waals surface area (Å²) in [6.45, 7) is 1.77. The van der Waals surface area contributed by atoms with Crippen molar-refractivity contribution in [2.45, 2.75) is 39.0 Å². The third-order valence-electron chi connectivity index (χ3n) is 4.09. The highest BCUT2D eigenvalue weighted by molar-refractivity contribution is 5.61. The number of anilines is 1. The van der Waals surface area contributed by atoms with Gasteiger partial charge in [0.15, 0.2) is 5.82 Å². The van der Waals surface area contributed by atoms with E-state index >= 15 is 0 Å². The number of rotatable bonds is 2. The predicted molar refractivity (Wildman–Crippen MR) is 83.0 cm³/mol. The lowest BCUT2D eigenvalue weighted by atomic mass is 10.1. The molecule has 0 atom stereocenters. The zero-order chi connectivity index (χ0) is 14.8. The molecule has 0 saturated heterocycles. The Hall–Kier alpha value is -1.97. The van der Waals surface area contributed by atoms with Crippen LogP contribution in [0.3, 0.4) is 0 Å². The molecule has 0 radical (unpaired) electrons. The summed E-state index contributed by atoms with van der Waals surface area (Å²) < 4.78 is 13.4. The van der Waals surface area contributed by atoms with Crippen LogP contribution >= 0.6 is 0 Å². The molecule has 1 N–H and O–H groups in total. The van der Waals surface area contributed by atoms with Gasteiger partial charge in [-0.1, -0.05) is 6.42 Å². The number of fused-ring (bicyclic) bond motifs is 1. The number of benzene rings is 1. The van der Waals surface area contributed by atoms with Crippen LogP contribution in [0.1, 0.15) is 36.1 Å². The first-order chi connectivity index (χ1) is 10.2. The van der Waals surface area contributed by atoms with Crippen LogP contribution in [0.2, 0.25) is 0 Å². The quantitative estimate of drug-likeness (QED) is 0.850. The minimum Gasteiger partial charge on any atom is -0.373 e. The highest BCUT2D eigenvalue weighted by Crippen LogP contribution is 2.28. The van der Waals surface area contributed by atoms with Gasteiger partial charge in [-0.15, -0.1) is 0 Å². The Labute approximate surface area is 124 Å². The molecule has 0 saturated carbocycles. The zero-order valence-corrected chi connectivity index (χ0v) is 12.5. The molecule has 1 aromatic heterocycles. The van der Waals surface area contributed by atoms with Crippen molar-refractivity contribution in [3.8, 4) is 11.4 Å². The Morgan fingerprint density at radius 1 is 1.10 bits per heavy atom. The van der Waals surface area contributed by atoms with Gasteiger partial charge in [-0.05, 0) is 56.4 Å². The molecule has 4 heteroatoms. The van der Waals surface area contributed by atoms with Crippen LogP contribution in [0, 0.1) is 12.7 Å². The summed E-state index contributed by atoms with van der Waals surface area (Å²) in [7, 11) is 1.90. The van der Waals surface area contributed by atoms with Gasteiger partial charge in [0, 0.05) is 23.9 Å². The van der Waals surface area contributed by atoms with Crippen molar-refractivity contribution >= 4 is 5.82 Å². The maximum Gasteiger partial charge on any atom is 0.161 e. The number of hydrogen-bond acceptors (Lipinski definition) is 3. The first kappa shape index (κ1) is 14.0. The molecule has 2 aromatic rings. The molecule has 1 aromatic carbocycles. The van der Waals surface area contributed by atoms with Crippen LogP contribution in [0.4, 0.5) is 10.2 Å². The number of halogens is 1. The molecular formula is C17H20FN3. The van der Waals surface area contributed by atoms with Gasteiger partial charge in [0.05, 0.1) is 0 Å². The Kier molecular flexibility index (Phi) is 3.86. The Balaban J connectivity index is 2.10. The van der Waals surface area contributed by atoms with Gasteiger partial charge in [0.25, 0.3) is 0 Å². The molecule has 3 nitrogen and oxygen atoms in total. The SMILES string of the molecule is CNc1nc(-c2ccc(F)c(C)c2)nc2c1CCCCC2. The lowest BCUT2D eigenvalue weighted by molar-refractivity contribution is 0.618. The number of aromatic nitrogens is 2. The third kappa shape index (κ3) is 2.75. The van der Waals surface area contributed by atoms with E-state index in [1.807, 2.05) is 13.1 Å². The Morgan fingerprint density at radius 3 is 2.67 bits per heavy atom. The van der Waals surface area contributed by atoms with Crippen LogP contribution in [-0.4, -0.2) is 17.0 Å². The summed E-state index contributed by atoms with van der Waals surface area (Å²) in [4.78, 5) is 9.39. The number of nitrogens with one attached hydrogen (secondary N) is 1. The van der Waals surface area contributed by atoms with E-state index in [1.54, 1.807) is 13.0 Å². The molecule has 0 fully saturated rings. The molecule has 0 aliphatic heterocycles. The molecule has 0 spiro atoms. The standard InChI is InChI=1S/C17H20FN3/c1-11-10-12(8-9-14(11)18)16-20-15-7-5-3-4-6-13(15)17(19-2)21-16/h8-10H,3-7H2,1-2H3,(H,19,20,21). The number of aryl methyl sites for hydroxylation is 2.